The second-order valence-electron chi connectivity index (χ2n) is 17.8. The second kappa shape index (κ2) is 21.3. The molecule has 1 atom stereocenters. The first kappa shape index (κ1) is 45.6. The number of urea groups is 1. The molecule has 2 N–H and O–H groups in total. The third-order valence-corrected chi connectivity index (χ3v) is 13.1. The maximum atomic E-state index is 13.7. The van der Waals surface area contributed by atoms with Crippen molar-refractivity contribution in [2.24, 2.45) is 5.92 Å². The van der Waals surface area contributed by atoms with Crippen LogP contribution in [0, 0.1) is 12.8 Å². The van der Waals surface area contributed by atoms with Crippen LogP contribution in [0.1, 0.15) is 68.6 Å². The lowest BCUT2D eigenvalue weighted by atomic mass is 9.99. The Morgan fingerprint density at radius 2 is 1.62 bits per heavy atom. The first-order valence-electron chi connectivity index (χ1n) is 22.8. The van der Waals surface area contributed by atoms with Crippen LogP contribution >= 0.6 is 0 Å². The van der Waals surface area contributed by atoms with Crippen LogP contribution in [-0.4, -0.2) is 169 Å². The summed E-state index contributed by atoms with van der Waals surface area (Å²) < 4.78 is 16.5. The highest BCUT2D eigenvalue weighted by molar-refractivity contribution is 5.91. The van der Waals surface area contributed by atoms with Crippen molar-refractivity contribution in [2.75, 3.05) is 97.5 Å². The fraction of sp³-hybridized carbons (Fsp3) is 0.609. The van der Waals surface area contributed by atoms with E-state index in [0.717, 1.165) is 80.3 Å². The number of nitrogens with one attached hydrogen (secondary N) is 2. The van der Waals surface area contributed by atoms with E-state index in [1.165, 1.54) is 12.8 Å². The van der Waals surface area contributed by atoms with Gasteiger partial charge in [0.2, 0.25) is 5.91 Å². The van der Waals surface area contributed by atoms with E-state index in [0.29, 0.717) is 82.8 Å². The minimum absolute atomic E-state index is 0.00633. The highest BCUT2D eigenvalue weighted by Crippen LogP contribution is 2.26. The van der Waals surface area contributed by atoms with Gasteiger partial charge in [-0.25, -0.2) is 14.4 Å². The van der Waals surface area contributed by atoms with Gasteiger partial charge in [0.25, 0.3) is 5.91 Å². The molecule has 5 aliphatic rings. The van der Waals surface area contributed by atoms with Gasteiger partial charge in [-0.15, -0.1) is 0 Å². The molecule has 0 saturated carbocycles. The van der Waals surface area contributed by atoms with E-state index in [-0.39, 0.29) is 36.3 Å². The minimum atomic E-state index is -1.02. The molecule has 342 valence electrons. The van der Waals surface area contributed by atoms with Crippen LogP contribution in [0.15, 0.2) is 45.6 Å². The third-order valence-electron chi connectivity index (χ3n) is 13.1. The van der Waals surface area contributed by atoms with Gasteiger partial charge in [-0.05, 0) is 107 Å². The SMILES string of the molecule is CC1CCN(CC(=O)OCCCN2CCCC2=O)CC1.Cc1cc(C[C@@H](OC(=O)N2CCC(N3CCc4ccccc4NC3=O)CC2)C(=O)N2CCN(C)CC2)cc2oc(=O)[nH]c12. The number of likely N-dealkylation sites (N-methyl/N-ethyl adjacent to an activating group) is 1. The number of benzene rings is 2. The van der Waals surface area contributed by atoms with E-state index >= 15 is 0 Å². The van der Waals surface area contributed by atoms with E-state index in [9.17, 15) is 28.8 Å². The highest BCUT2D eigenvalue weighted by atomic mass is 16.6. The predicted octanol–water partition coefficient (Wildman–Crippen LogP) is 4.08. The first-order valence-corrected chi connectivity index (χ1v) is 22.8. The summed E-state index contributed by atoms with van der Waals surface area (Å²) in [4.78, 5) is 89.1. The van der Waals surface area contributed by atoms with Crippen LogP contribution in [0.2, 0.25) is 0 Å². The zero-order valence-corrected chi connectivity index (χ0v) is 37.1. The fourth-order valence-electron chi connectivity index (χ4n) is 9.16. The summed E-state index contributed by atoms with van der Waals surface area (Å²) in [6, 6.07) is 11.3. The number of hydrogen-bond donors (Lipinski definition) is 2. The van der Waals surface area contributed by atoms with Crippen molar-refractivity contribution in [3.8, 4) is 0 Å². The molecule has 5 amide bonds. The Morgan fingerprint density at radius 3 is 2.35 bits per heavy atom. The Hall–Kier alpha value is -5.42. The molecule has 8 rings (SSSR count). The number of esters is 1. The van der Waals surface area contributed by atoms with Gasteiger partial charge in [-0.3, -0.25) is 24.3 Å². The number of anilines is 1. The van der Waals surface area contributed by atoms with Gasteiger partial charge in [-0.2, -0.15) is 0 Å². The van der Waals surface area contributed by atoms with Gasteiger partial charge in [0.05, 0.1) is 18.7 Å². The van der Waals surface area contributed by atoms with Crippen molar-refractivity contribution in [2.45, 2.75) is 83.8 Å². The van der Waals surface area contributed by atoms with Crippen molar-refractivity contribution in [3.63, 3.8) is 0 Å². The first-order chi connectivity index (χ1) is 30.4. The largest absolute Gasteiger partial charge is 0.465 e. The van der Waals surface area contributed by atoms with Crippen LogP contribution in [0.4, 0.5) is 15.3 Å². The molecule has 4 fully saturated rings. The molecule has 17 nitrogen and oxygen atoms in total. The smallest absolute Gasteiger partial charge is 0.417 e. The molecule has 0 spiro atoms. The lowest BCUT2D eigenvalue weighted by molar-refractivity contribution is -0.145. The number of hydrogen-bond acceptors (Lipinski definition) is 11. The van der Waals surface area contributed by atoms with E-state index in [1.54, 1.807) is 15.9 Å². The highest BCUT2D eigenvalue weighted by Gasteiger charge is 2.35. The average molecular weight is 873 g/mol. The Morgan fingerprint density at radius 1 is 0.873 bits per heavy atom. The molecule has 0 radical (unpaired) electrons. The number of aromatic nitrogens is 1. The normalized spacial score (nSPS) is 19.9. The van der Waals surface area contributed by atoms with Crippen LogP contribution < -0.4 is 11.1 Å². The summed E-state index contributed by atoms with van der Waals surface area (Å²) in [5.74, 6) is 0.106. The van der Waals surface area contributed by atoms with Gasteiger partial charge in [0.15, 0.2) is 11.7 Å². The zero-order valence-electron chi connectivity index (χ0n) is 37.1. The topological polar surface area (TPSA) is 181 Å². The number of piperazine rings is 1. The summed E-state index contributed by atoms with van der Waals surface area (Å²) in [6.07, 6.45) is 5.34. The van der Waals surface area contributed by atoms with E-state index in [2.05, 4.69) is 27.0 Å². The molecule has 0 unspecified atom stereocenters. The van der Waals surface area contributed by atoms with E-state index in [4.69, 9.17) is 13.9 Å². The molecule has 0 bridgehead atoms. The number of fused-ring (bicyclic) bond motifs is 2. The van der Waals surface area contributed by atoms with Crippen LogP contribution in [-0.2, 0) is 36.7 Å². The molecule has 63 heavy (non-hydrogen) atoms. The number of likely N-dealkylation sites (tertiary alicyclic amines) is 3. The number of ether oxygens (including phenoxy) is 2. The van der Waals surface area contributed by atoms with Gasteiger partial charge < -0.3 is 43.7 Å². The molecular weight excluding hydrogens is 809 g/mol. The number of amides is 5. The maximum Gasteiger partial charge on any atom is 0.417 e. The number of H-pyrrole nitrogens is 1. The minimum Gasteiger partial charge on any atom is -0.465 e. The summed E-state index contributed by atoms with van der Waals surface area (Å²) >= 11 is 0. The van der Waals surface area contributed by atoms with Crippen molar-refractivity contribution < 1.29 is 37.9 Å². The Kier molecular flexibility index (Phi) is 15.4. The second-order valence-corrected chi connectivity index (χ2v) is 17.8. The number of aryl methyl sites for hydroxylation is 1. The number of carbonyl (C=O) groups excluding carboxylic acids is 5. The van der Waals surface area contributed by atoms with Crippen LogP contribution in [0.3, 0.4) is 0 Å². The number of carbonyl (C=O) groups is 5. The fourth-order valence-corrected chi connectivity index (χ4v) is 9.16. The van der Waals surface area contributed by atoms with Crippen molar-refractivity contribution >= 4 is 46.7 Å². The lowest BCUT2D eigenvalue weighted by Gasteiger charge is -2.38. The van der Waals surface area contributed by atoms with Gasteiger partial charge in [0.1, 0.15) is 0 Å². The number of rotatable bonds is 11. The summed E-state index contributed by atoms with van der Waals surface area (Å²) in [7, 11) is 2.01. The molecule has 5 aliphatic heterocycles. The molecule has 17 heteroatoms. The van der Waals surface area contributed by atoms with Gasteiger partial charge in [-0.1, -0.05) is 31.2 Å². The summed E-state index contributed by atoms with van der Waals surface area (Å²) in [5.41, 5.74) is 4.51. The van der Waals surface area contributed by atoms with Crippen molar-refractivity contribution in [1.29, 1.82) is 0 Å². The zero-order chi connectivity index (χ0) is 44.5. The number of aromatic amines is 1. The van der Waals surface area contributed by atoms with Crippen molar-refractivity contribution in [1.82, 2.24) is 34.4 Å². The number of para-hydroxylation sites is 1. The predicted molar refractivity (Wildman–Crippen MR) is 236 cm³/mol. The Balaban J connectivity index is 0.000000249. The standard InChI is InChI=1S/C31H38N6O6.C15H26N2O3/c1-20-17-21(18-25-27(20)33-30(40)42-25)19-26(28(38)35-15-13-34(2)14-16-35)43-31(41)36-10-8-23(9-11-36)37-12-7-22-5-3-4-6-24(22)32-29(37)39;1-13-5-9-16(10-6-13)12-15(19)20-11-3-8-17-7-2-4-14(17)18/h3-6,17-18,23,26H,7-16,19H2,1-2H3,(H,32,39)(H,33,40);13H,2-12H2,1H3/t26-;/m1./s1. The van der Waals surface area contributed by atoms with Crippen LogP contribution in [0.5, 0.6) is 0 Å². The summed E-state index contributed by atoms with van der Waals surface area (Å²) in [6.45, 7) is 12.6. The third kappa shape index (κ3) is 12.2. The molecule has 6 heterocycles. The van der Waals surface area contributed by atoms with Crippen molar-refractivity contribution in [3.05, 3.63) is 63.6 Å². The van der Waals surface area contributed by atoms with Crippen LogP contribution in [0.25, 0.3) is 11.1 Å². The number of oxazole rings is 1. The molecule has 1 aromatic heterocycles. The number of piperidine rings is 2. The summed E-state index contributed by atoms with van der Waals surface area (Å²) in [5, 5.41) is 3.03. The lowest BCUT2D eigenvalue weighted by Crippen LogP contribution is -2.53. The van der Waals surface area contributed by atoms with Gasteiger partial charge in [0, 0.05) is 83.5 Å². The average Bonchev–Trinajstić information content (AvgIpc) is 3.82. The molecule has 0 aliphatic carbocycles. The molecule has 4 saturated heterocycles. The van der Waals surface area contributed by atoms with E-state index in [1.807, 2.05) is 54.1 Å². The Labute approximate surface area is 369 Å². The van der Waals surface area contributed by atoms with E-state index < -0.39 is 18.0 Å². The number of nitrogens with zero attached hydrogens (tertiary/aromatic N) is 6. The maximum absolute atomic E-state index is 13.7. The molecule has 3 aromatic rings. The monoisotopic (exact) mass is 872 g/mol. The Bertz CT molecular complexity index is 2130. The van der Waals surface area contributed by atoms with Gasteiger partial charge >= 0.3 is 23.8 Å². The molecular formula is C46H64N8O9. The quantitative estimate of drug-likeness (QED) is 0.209. The molecule has 2 aromatic carbocycles.